The summed E-state index contributed by atoms with van der Waals surface area (Å²) < 4.78 is 0. The average Bonchev–Trinajstić information content (AvgIpc) is 2.63. The van der Waals surface area contributed by atoms with Gasteiger partial charge in [-0.1, -0.05) is 30.4 Å². The van der Waals surface area contributed by atoms with E-state index in [4.69, 9.17) is 22.9 Å². The summed E-state index contributed by atoms with van der Waals surface area (Å²) in [5.74, 6) is -0.570. The molecule has 0 aromatic heterocycles. The Bertz CT molecular complexity index is 931. The summed E-state index contributed by atoms with van der Waals surface area (Å²) in [6, 6.07) is 12.3. The summed E-state index contributed by atoms with van der Waals surface area (Å²) in [4.78, 5) is 25.4. The second-order valence-corrected chi connectivity index (χ2v) is 6.32. The molecule has 1 aliphatic carbocycles. The van der Waals surface area contributed by atoms with Crippen molar-refractivity contribution in [2.45, 2.75) is 11.6 Å². The van der Waals surface area contributed by atoms with Gasteiger partial charge in [-0.2, -0.15) is 0 Å². The lowest BCUT2D eigenvalue weighted by molar-refractivity contribution is 0.0908. The predicted octanol–water partition coefficient (Wildman–Crippen LogP) is 1.44. The number of nitrogens with two attached hydrogens (primary N) is 4. The number of carbonyl (C=O) groups excluding carboxylic acids is 2. The van der Waals surface area contributed by atoms with Crippen LogP contribution in [0.25, 0.3) is 0 Å². The lowest BCUT2D eigenvalue weighted by atomic mass is 9.78. The van der Waals surface area contributed by atoms with Crippen molar-refractivity contribution in [1.82, 2.24) is 0 Å². The Morgan fingerprint density at radius 3 is 2.23 bits per heavy atom. The van der Waals surface area contributed by atoms with Gasteiger partial charge in [0.15, 0.2) is 11.6 Å². The number of carbonyl (C=O) groups is 2. The number of rotatable bonds is 4. The van der Waals surface area contributed by atoms with Gasteiger partial charge in [-0.15, -0.1) is 0 Å². The largest absolute Gasteiger partial charge is 0.399 e. The van der Waals surface area contributed by atoms with Gasteiger partial charge in [0.25, 0.3) is 0 Å². The maximum Gasteiger partial charge on any atom is 0.192 e. The van der Waals surface area contributed by atoms with Gasteiger partial charge in [0, 0.05) is 28.1 Å². The number of allylic oxidation sites excluding steroid dienone is 2. The highest BCUT2D eigenvalue weighted by Gasteiger charge is 2.39. The Morgan fingerprint density at radius 2 is 1.62 bits per heavy atom. The lowest BCUT2D eigenvalue weighted by Gasteiger charge is -2.32. The molecule has 0 saturated carbocycles. The molecule has 6 nitrogen and oxygen atoms in total. The first kappa shape index (κ1) is 17.6. The number of anilines is 2. The molecule has 0 fully saturated rings. The Kier molecular flexibility index (Phi) is 4.46. The molecule has 0 bridgehead atoms. The van der Waals surface area contributed by atoms with Crippen LogP contribution in [0, 0.1) is 0 Å². The van der Waals surface area contributed by atoms with Crippen LogP contribution >= 0.6 is 0 Å². The van der Waals surface area contributed by atoms with E-state index in [1.165, 1.54) is 18.2 Å². The van der Waals surface area contributed by atoms with Crippen LogP contribution in [0.2, 0.25) is 0 Å². The van der Waals surface area contributed by atoms with Crippen LogP contribution in [0.5, 0.6) is 0 Å². The Morgan fingerprint density at radius 1 is 0.923 bits per heavy atom. The Balaban J connectivity index is 1.87. The van der Waals surface area contributed by atoms with Crippen LogP contribution < -0.4 is 22.9 Å². The number of nitrogen functional groups attached to an aromatic ring is 2. The fourth-order valence-electron chi connectivity index (χ4n) is 2.84. The van der Waals surface area contributed by atoms with E-state index in [-0.39, 0.29) is 11.6 Å². The van der Waals surface area contributed by atoms with Gasteiger partial charge in [-0.3, -0.25) is 9.59 Å². The van der Waals surface area contributed by atoms with E-state index in [0.717, 1.165) is 0 Å². The first-order valence-corrected chi connectivity index (χ1v) is 8.07. The van der Waals surface area contributed by atoms with Crippen LogP contribution in [0.15, 0.2) is 72.3 Å². The predicted molar refractivity (Wildman–Crippen MR) is 102 cm³/mol. The summed E-state index contributed by atoms with van der Waals surface area (Å²) in [5, 5.41) is 0. The lowest BCUT2D eigenvalue weighted by Crippen LogP contribution is -2.59. The van der Waals surface area contributed by atoms with Gasteiger partial charge in [0.05, 0.1) is 6.04 Å². The maximum absolute atomic E-state index is 12.8. The second-order valence-electron chi connectivity index (χ2n) is 6.32. The monoisotopic (exact) mass is 348 g/mol. The van der Waals surface area contributed by atoms with Crippen molar-refractivity contribution in [1.29, 1.82) is 0 Å². The zero-order chi connectivity index (χ0) is 18.9. The molecule has 2 atom stereocenters. The zero-order valence-electron chi connectivity index (χ0n) is 14.1. The molecule has 0 aliphatic heterocycles. The van der Waals surface area contributed by atoms with Gasteiger partial charge >= 0.3 is 0 Å². The Hall–Kier alpha value is -3.22. The van der Waals surface area contributed by atoms with E-state index in [1.807, 2.05) is 0 Å². The third-order valence-corrected chi connectivity index (χ3v) is 4.43. The smallest absolute Gasteiger partial charge is 0.192 e. The first-order chi connectivity index (χ1) is 12.3. The van der Waals surface area contributed by atoms with E-state index in [9.17, 15) is 9.59 Å². The molecule has 2 aromatic rings. The standard InChI is InChI=1S/C20H20N4O2/c21-15-6-4-12(5-7-15)19(26)20(24)9-8-14(11-17(20)23)18(25)13-2-1-3-16(22)10-13/h1-11,17H,21-24H2. The van der Waals surface area contributed by atoms with E-state index in [0.29, 0.717) is 28.1 Å². The topological polar surface area (TPSA) is 138 Å². The fourth-order valence-corrected chi connectivity index (χ4v) is 2.84. The third-order valence-electron chi connectivity index (χ3n) is 4.43. The normalized spacial score (nSPS) is 21.9. The van der Waals surface area contributed by atoms with E-state index >= 15 is 0 Å². The van der Waals surface area contributed by atoms with Crippen molar-refractivity contribution >= 4 is 22.9 Å². The van der Waals surface area contributed by atoms with Crippen molar-refractivity contribution < 1.29 is 9.59 Å². The van der Waals surface area contributed by atoms with Gasteiger partial charge in [-0.25, -0.2) is 0 Å². The summed E-state index contributed by atoms with van der Waals surface area (Å²) >= 11 is 0. The van der Waals surface area contributed by atoms with Gasteiger partial charge in [0.2, 0.25) is 0 Å². The van der Waals surface area contributed by atoms with Crippen LogP contribution in [0.3, 0.4) is 0 Å². The molecule has 2 unspecified atom stereocenters. The third kappa shape index (κ3) is 3.15. The summed E-state index contributed by atoms with van der Waals surface area (Å²) in [5.41, 5.74) is 24.6. The minimum absolute atomic E-state index is 0.231. The van der Waals surface area contributed by atoms with Gasteiger partial charge in [-0.05, 0) is 36.4 Å². The molecule has 0 saturated heterocycles. The molecule has 0 spiro atoms. The van der Waals surface area contributed by atoms with Crippen molar-refractivity contribution in [2.24, 2.45) is 11.5 Å². The molecule has 0 radical (unpaired) electrons. The highest BCUT2D eigenvalue weighted by atomic mass is 16.1. The van der Waals surface area contributed by atoms with Crippen LogP contribution in [0.4, 0.5) is 11.4 Å². The molecular weight excluding hydrogens is 328 g/mol. The SMILES string of the molecule is Nc1ccc(C(=O)C2(N)C=CC(C(=O)c3cccc(N)c3)=CC2N)cc1. The molecule has 132 valence electrons. The van der Waals surface area contributed by atoms with Crippen molar-refractivity contribution in [3.8, 4) is 0 Å². The average molecular weight is 348 g/mol. The van der Waals surface area contributed by atoms with Crippen molar-refractivity contribution in [3.05, 3.63) is 83.5 Å². The number of Topliss-reactive ketones (excluding diaryl/α,β-unsaturated/α-hetero) is 2. The molecule has 0 heterocycles. The second kappa shape index (κ2) is 6.59. The van der Waals surface area contributed by atoms with Gasteiger partial charge < -0.3 is 22.9 Å². The minimum Gasteiger partial charge on any atom is -0.399 e. The van der Waals surface area contributed by atoms with E-state index < -0.39 is 11.6 Å². The molecule has 8 N–H and O–H groups in total. The number of ketones is 2. The van der Waals surface area contributed by atoms with E-state index in [1.54, 1.807) is 48.5 Å². The molecule has 26 heavy (non-hydrogen) atoms. The maximum atomic E-state index is 12.8. The highest BCUT2D eigenvalue weighted by Crippen LogP contribution is 2.25. The van der Waals surface area contributed by atoms with E-state index in [2.05, 4.69) is 0 Å². The molecule has 2 aromatic carbocycles. The molecule has 3 rings (SSSR count). The summed E-state index contributed by atoms with van der Waals surface area (Å²) in [6.45, 7) is 0. The quantitative estimate of drug-likeness (QED) is 0.487. The number of benzene rings is 2. The summed E-state index contributed by atoms with van der Waals surface area (Å²) in [6.07, 6.45) is 4.53. The minimum atomic E-state index is -1.43. The number of hydrogen-bond donors (Lipinski definition) is 4. The molecule has 0 amide bonds. The van der Waals surface area contributed by atoms with Crippen molar-refractivity contribution in [3.63, 3.8) is 0 Å². The molecule has 6 heteroatoms. The summed E-state index contributed by atoms with van der Waals surface area (Å²) in [7, 11) is 0. The van der Waals surface area contributed by atoms with Crippen molar-refractivity contribution in [2.75, 3.05) is 11.5 Å². The van der Waals surface area contributed by atoms with Crippen LogP contribution in [0.1, 0.15) is 20.7 Å². The van der Waals surface area contributed by atoms with Gasteiger partial charge in [0.1, 0.15) is 5.54 Å². The zero-order valence-corrected chi connectivity index (χ0v) is 14.1. The highest BCUT2D eigenvalue weighted by molar-refractivity contribution is 6.12. The molecular formula is C20H20N4O2. The molecule has 1 aliphatic rings. The fraction of sp³-hybridized carbons (Fsp3) is 0.100. The van der Waals surface area contributed by atoms with Crippen LogP contribution in [-0.4, -0.2) is 23.1 Å². The van der Waals surface area contributed by atoms with Crippen LogP contribution in [-0.2, 0) is 0 Å². The first-order valence-electron chi connectivity index (χ1n) is 8.07. The Labute approximate surface area is 151 Å². The number of hydrogen-bond acceptors (Lipinski definition) is 6.